The van der Waals surface area contributed by atoms with Gasteiger partial charge in [-0.3, -0.25) is 52.5 Å². The van der Waals surface area contributed by atoms with E-state index in [-0.39, 0.29) is 64.7 Å². The number of nitrogens with zero attached hydrogens (tertiary/aromatic N) is 5. The summed E-state index contributed by atoms with van der Waals surface area (Å²) in [7, 11) is 0. The highest BCUT2D eigenvalue weighted by Crippen LogP contribution is 2.28. The molecule has 26 heteroatoms. The van der Waals surface area contributed by atoms with Gasteiger partial charge in [-0.25, -0.2) is 14.2 Å². The van der Waals surface area contributed by atoms with Crippen LogP contribution in [0.3, 0.4) is 0 Å². The first-order valence-electron chi connectivity index (χ1n) is 22.4. The first kappa shape index (κ1) is 57.4. The third-order valence-electron chi connectivity index (χ3n) is 11.4. The van der Waals surface area contributed by atoms with Gasteiger partial charge in [-0.1, -0.05) is 12.8 Å². The van der Waals surface area contributed by atoms with Gasteiger partial charge in [-0.15, -0.1) is 0 Å². The third-order valence-corrected chi connectivity index (χ3v) is 11.8. The van der Waals surface area contributed by atoms with Gasteiger partial charge in [0, 0.05) is 80.1 Å². The predicted octanol–water partition coefficient (Wildman–Crippen LogP) is 3.17. The van der Waals surface area contributed by atoms with E-state index in [1.807, 2.05) is 4.90 Å². The van der Waals surface area contributed by atoms with Crippen molar-refractivity contribution in [1.29, 1.82) is 0 Å². The second-order valence-electron chi connectivity index (χ2n) is 16.8. The maximum absolute atomic E-state index is 13.7. The number of aliphatic carboxylic acids is 6. The summed E-state index contributed by atoms with van der Waals surface area (Å²) in [6, 6.07) is 6.54. The molecule has 2 heterocycles. The van der Waals surface area contributed by atoms with Crippen LogP contribution in [-0.4, -0.2) is 135 Å². The highest BCUT2D eigenvalue weighted by atomic mass is 32.2. The molecule has 1 aromatic carbocycles. The van der Waals surface area contributed by atoms with Crippen molar-refractivity contribution in [3.8, 4) is 5.75 Å². The van der Waals surface area contributed by atoms with Gasteiger partial charge in [0.2, 0.25) is 11.8 Å². The second kappa shape index (κ2) is 29.2. The van der Waals surface area contributed by atoms with E-state index in [1.165, 1.54) is 33.9 Å². The number of hydrogen-bond acceptors (Lipinski definition) is 13. The summed E-state index contributed by atoms with van der Waals surface area (Å²) >= 11 is -2.21. The van der Waals surface area contributed by atoms with Crippen LogP contribution in [0.1, 0.15) is 114 Å². The summed E-state index contributed by atoms with van der Waals surface area (Å²) in [5.74, 6) is -7.20. The molecule has 2 amide bonds. The molecule has 0 spiro atoms. The Hall–Kier alpha value is -6.93. The molecule has 25 nitrogen and oxygen atoms in total. The van der Waals surface area contributed by atoms with Gasteiger partial charge >= 0.3 is 35.8 Å². The number of benzene rings is 1. The largest absolute Gasteiger partial charge is 0.494 e. The lowest BCUT2D eigenvalue weighted by Crippen LogP contribution is -2.50. The van der Waals surface area contributed by atoms with Crippen molar-refractivity contribution in [2.45, 2.75) is 140 Å². The SMILES string of the molecule is O=C(O)CCC(CCC(=O)O)(CCC(=O)O)NC(=O)Cn1ccnc1CN(CCCCCCOc1ccc(NS(=O)O)cc1)Cc1nccn1CC(=O)NC(CCC(=O)O)(CCC(=O)O)CCC(=O)O. The van der Waals surface area contributed by atoms with Gasteiger partial charge in [0.1, 0.15) is 30.5 Å². The van der Waals surface area contributed by atoms with Crippen molar-refractivity contribution in [3.63, 3.8) is 0 Å². The molecular weight excluding hydrogens is 945 g/mol. The second-order valence-corrected chi connectivity index (χ2v) is 17.5. The Morgan fingerprint density at radius 2 is 0.943 bits per heavy atom. The number of anilines is 1. The number of ether oxygens (including phenoxy) is 1. The summed E-state index contributed by atoms with van der Waals surface area (Å²) in [6.45, 7) is 0.409. The molecule has 0 aliphatic rings. The van der Waals surface area contributed by atoms with Crippen molar-refractivity contribution in [3.05, 3.63) is 60.7 Å². The molecule has 0 saturated carbocycles. The van der Waals surface area contributed by atoms with Crippen LogP contribution in [0.15, 0.2) is 49.1 Å². The van der Waals surface area contributed by atoms with Crippen LogP contribution >= 0.6 is 0 Å². The Labute approximate surface area is 405 Å². The van der Waals surface area contributed by atoms with Crippen LogP contribution in [0.5, 0.6) is 5.75 Å². The highest BCUT2D eigenvalue weighted by molar-refractivity contribution is 7.80. The zero-order valence-corrected chi connectivity index (χ0v) is 39.3. The quantitative estimate of drug-likeness (QED) is 0.0291. The van der Waals surface area contributed by atoms with Crippen LogP contribution in [0.4, 0.5) is 5.69 Å². The van der Waals surface area contributed by atoms with E-state index in [2.05, 4.69) is 25.3 Å². The van der Waals surface area contributed by atoms with E-state index in [4.69, 9.17) is 9.29 Å². The topological polar surface area (TPSA) is 379 Å². The number of imidazole rings is 2. The number of carboxylic acid groups (broad SMARTS) is 6. The van der Waals surface area contributed by atoms with E-state index in [1.54, 1.807) is 24.3 Å². The van der Waals surface area contributed by atoms with Gasteiger partial charge in [0.25, 0.3) is 11.3 Å². The third kappa shape index (κ3) is 22.5. The van der Waals surface area contributed by atoms with Crippen molar-refractivity contribution >= 4 is 64.6 Å². The van der Waals surface area contributed by atoms with E-state index < -0.39 is 108 Å². The van der Waals surface area contributed by atoms with E-state index in [0.29, 0.717) is 49.1 Å². The molecule has 1 unspecified atom stereocenters. The lowest BCUT2D eigenvalue weighted by molar-refractivity contribution is -0.141. The fourth-order valence-electron chi connectivity index (χ4n) is 7.77. The van der Waals surface area contributed by atoms with Crippen LogP contribution < -0.4 is 20.1 Å². The molecule has 3 aromatic rings. The number of rotatable bonds is 38. The van der Waals surface area contributed by atoms with Crippen molar-refractivity contribution < 1.29 is 82.5 Å². The minimum absolute atomic E-state index is 0.127. The van der Waals surface area contributed by atoms with Crippen LogP contribution in [0.25, 0.3) is 0 Å². The molecular formula is C44H62N8O17S. The highest BCUT2D eigenvalue weighted by Gasteiger charge is 2.35. The molecule has 2 aromatic heterocycles. The van der Waals surface area contributed by atoms with E-state index in [0.717, 1.165) is 12.8 Å². The number of amides is 2. The summed E-state index contributed by atoms with van der Waals surface area (Å²) in [5, 5.41) is 62.0. The molecule has 10 N–H and O–H groups in total. The summed E-state index contributed by atoms with van der Waals surface area (Å²) in [6.07, 6.45) is 4.79. The number of nitrogens with one attached hydrogen (secondary N) is 3. The molecule has 0 aliphatic heterocycles. The van der Waals surface area contributed by atoms with E-state index >= 15 is 0 Å². The number of aromatic nitrogens is 4. The lowest BCUT2D eigenvalue weighted by atomic mass is 9.83. The normalized spacial score (nSPS) is 12.0. The number of carboxylic acids is 6. The van der Waals surface area contributed by atoms with Crippen molar-refractivity contribution in [1.82, 2.24) is 34.6 Å². The van der Waals surface area contributed by atoms with E-state index in [9.17, 15) is 73.2 Å². The van der Waals surface area contributed by atoms with Crippen molar-refractivity contribution in [2.24, 2.45) is 0 Å². The molecule has 0 aliphatic carbocycles. The standard InChI is InChI=1S/C44H62N8O17S/c53-35(47-43(15-9-37(55)56,16-10-38(57)58)17-11-39(59)60)29-51-24-21-45-33(51)27-50(23-3-1-2-4-26-69-32-7-5-31(6-8-32)49-70(67)68)28-34-46-22-25-52(34)30-36(54)48-44(18-12-40(61)62,19-13-41(63)64)20-14-42(65)66/h5-8,21-22,24-25,49H,1-4,9-20,23,26-30H2,(H,47,53)(H,48,54)(H,55,56)(H,57,58)(H,59,60)(H,61,62)(H,63,64)(H,65,66)(H,67,68). The Morgan fingerprint density at radius 1 is 0.571 bits per heavy atom. The molecule has 0 radical (unpaired) electrons. The van der Waals surface area contributed by atoms with Gasteiger partial charge in [0.05, 0.1) is 19.7 Å². The average molecular weight is 1010 g/mol. The molecule has 0 saturated heterocycles. The van der Waals surface area contributed by atoms with Crippen LogP contribution in [0, 0.1) is 0 Å². The van der Waals surface area contributed by atoms with Gasteiger partial charge in [0.15, 0.2) is 0 Å². The zero-order chi connectivity index (χ0) is 51.7. The van der Waals surface area contributed by atoms with Gasteiger partial charge < -0.3 is 55.1 Å². The first-order chi connectivity index (χ1) is 33.2. The van der Waals surface area contributed by atoms with Gasteiger partial charge in [-0.05, 0) is 82.2 Å². The fraction of sp³-hybridized carbons (Fsp3) is 0.545. The van der Waals surface area contributed by atoms with Gasteiger partial charge in [-0.2, -0.15) is 0 Å². The average Bonchev–Trinajstić information content (AvgIpc) is 3.92. The minimum atomic E-state index is -2.21. The number of carbonyl (C=O) groups excluding carboxylic acids is 2. The van der Waals surface area contributed by atoms with Crippen LogP contribution in [-0.2, 0) is 75.8 Å². The monoisotopic (exact) mass is 1010 g/mol. The van der Waals surface area contributed by atoms with Crippen LogP contribution in [0.2, 0.25) is 0 Å². The maximum Gasteiger partial charge on any atom is 0.303 e. The number of hydrogen-bond donors (Lipinski definition) is 10. The molecule has 0 bridgehead atoms. The summed E-state index contributed by atoms with van der Waals surface area (Å²) < 4.78 is 31.2. The maximum atomic E-state index is 13.7. The Morgan fingerprint density at radius 3 is 1.30 bits per heavy atom. The number of unbranched alkanes of at least 4 members (excludes halogenated alkanes) is 3. The summed E-state index contributed by atoms with van der Waals surface area (Å²) in [4.78, 5) is 108. The molecule has 386 valence electrons. The Kier molecular flexibility index (Phi) is 23.9. The smallest absolute Gasteiger partial charge is 0.303 e. The molecule has 0 fully saturated rings. The predicted molar refractivity (Wildman–Crippen MR) is 246 cm³/mol. The number of carbonyl (C=O) groups is 8. The molecule has 1 atom stereocenters. The zero-order valence-electron chi connectivity index (χ0n) is 38.5. The van der Waals surface area contributed by atoms with Crippen molar-refractivity contribution in [2.75, 3.05) is 17.9 Å². The first-order valence-corrected chi connectivity index (χ1v) is 23.5. The minimum Gasteiger partial charge on any atom is -0.494 e. The Balaban J connectivity index is 1.83. The summed E-state index contributed by atoms with van der Waals surface area (Å²) in [5.41, 5.74) is -2.47. The fourth-order valence-corrected chi connectivity index (χ4v) is 8.11. The lowest BCUT2D eigenvalue weighted by Gasteiger charge is -2.34. The Bertz CT molecular complexity index is 2040. The molecule has 3 rings (SSSR count). The molecule has 70 heavy (non-hydrogen) atoms.